The lowest BCUT2D eigenvalue weighted by atomic mass is 10.3. The van der Waals surface area contributed by atoms with E-state index in [-0.39, 0.29) is 5.88 Å². The van der Waals surface area contributed by atoms with Crippen LogP contribution in [0.3, 0.4) is 0 Å². The number of nitrogens with zero attached hydrogens (tertiary/aromatic N) is 1. The first-order valence-electron chi connectivity index (χ1n) is 4.03. The molecule has 1 atom stereocenters. The minimum absolute atomic E-state index is 0.277. The quantitative estimate of drug-likeness (QED) is 0.649. The van der Waals surface area contributed by atoms with Crippen LogP contribution in [0.4, 0.5) is 0 Å². The van der Waals surface area contributed by atoms with Crippen LogP contribution in [-0.2, 0) is 10.8 Å². The molecule has 0 aromatic rings. The molecule has 1 aliphatic rings. The molecule has 0 aliphatic carbocycles. The molecule has 0 radical (unpaired) electrons. The number of aliphatic hydroxyl groups excluding tert-OH is 1. The van der Waals surface area contributed by atoms with Crippen LogP contribution < -0.4 is 0 Å². The largest absolute Gasteiger partial charge is 0.391 e. The van der Waals surface area contributed by atoms with Crippen molar-refractivity contribution in [1.29, 1.82) is 0 Å². The van der Waals surface area contributed by atoms with E-state index in [0.29, 0.717) is 6.54 Å². The second kappa shape index (κ2) is 5.17. The van der Waals surface area contributed by atoms with Crippen LogP contribution in [0.1, 0.15) is 0 Å². The molecule has 1 fully saturated rings. The van der Waals surface area contributed by atoms with Gasteiger partial charge in [0, 0.05) is 47.8 Å². The lowest BCUT2D eigenvalue weighted by molar-refractivity contribution is 0.135. The van der Waals surface area contributed by atoms with Gasteiger partial charge in [-0.3, -0.25) is 9.11 Å². The zero-order chi connectivity index (χ0) is 8.97. The number of β-amino-alcohol motifs (C(OH)–C–C–N with tert-alkyl or cyclic N) is 1. The highest BCUT2D eigenvalue weighted by atomic mass is 35.5. The van der Waals surface area contributed by atoms with Gasteiger partial charge < -0.3 is 5.11 Å². The van der Waals surface area contributed by atoms with Crippen molar-refractivity contribution in [2.24, 2.45) is 0 Å². The predicted octanol–water partition coefficient (Wildman–Crippen LogP) is -0.350. The Morgan fingerprint density at radius 3 is 2.58 bits per heavy atom. The van der Waals surface area contributed by atoms with Gasteiger partial charge in [-0.05, 0) is 0 Å². The molecule has 3 nitrogen and oxygen atoms in total. The third kappa shape index (κ3) is 3.39. The first-order valence-corrected chi connectivity index (χ1v) is 6.06. The summed E-state index contributed by atoms with van der Waals surface area (Å²) in [6.45, 7) is 2.25. The molecule has 1 saturated heterocycles. The summed E-state index contributed by atoms with van der Waals surface area (Å²) in [5.41, 5.74) is 0. The highest BCUT2D eigenvalue weighted by molar-refractivity contribution is 7.85. The topological polar surface area (TPSA) is 40.5 Å². The summed E-state index contributed by atoms with van der Waals surface area (Å²) in [5, 5.41) is 9.23. The van der Waals surface area contributed by atoms with Crippen LogP contribution in [0.25, 0.3) is 0 Å². The van der Waals surface area contributed by atoms with E-state index < -0.39 is 16.9 Å². The van der Waals surface area contributed by atoms with Crippen LogP contribution in [-0.4, -0.2) is 57.3 Å². The highest BCUT2D eigenvalue weighted by Gasteiger charge is 2.17. The normalized spacial score (nSPS) is 24.2. The van der Waals surface area contributed by atoms with Crippen LogP contribution >= 0.6 is 11.6 Å². The third-order valence-electron chi connectivity index (χ3n) is 1.92. The molecule has 0 aromatic heterocycles. The number of hydrogen-bond acceptors (Lipinski definition) is 3. The van der Waals surface area contributed by atoms with E-state index in [2.05, 4.69) is 4.90 Å². The lowest BCUT2D eigenvalue weighted by Crippen LogP contribution is -2.42. The maximum Gasteiger partial charge on any atom is 0.0802 e. The number of hydrogen-bond donors (Lipinski definition) is 1. The van der Waals surface area contributed by atoms with Crippen molar-refractivity contribution >= 4 is 22.4 Å². The number of aliphatic hydroxyl groups is 1. The summed E-state index contributed by atoms with van der Waals surface area (Å²) >= 11 is 5.46. The Kier molecular flexibility index (Phi) is 4.50. The minimum Gasteiger partial charge on any atom is -0.391 e. The molecule has 1 unspecified atom stereocenters. The molecule has 0 bridgehead atoms. The summed E-state index contributed by atoms with van der Waals surface area (Å²) in [6, 6.07) is 0. The van der Waals surface area contributed by atoms with Gasteiger partial charge in [0.1, 0.15) is 0 Å². The Hall–Kier alpha value is 0.360. The Balaban J connectivity index is 2.21. The SMILES string of the molecule is O=S1CCN(CC(O)CCl)CC1. The van der Waals surface area contributed by atoms with Gasteiger partial charge in [-0.1, -0.05) is 0 Å². The van der Waals surface area contributed by atoms with E-state index in [0.717, 1.165) is 24.6 Å². The van der Waals surface area contributed by atoms with Gasteiger partial charge in [-0.2, -0.15) is 0 Å². The summed E-state index contributed by atoms with van der Waals surface area (Å²) in [4.78, 5) is 2.11. The molecule has 1 aliphatic heterocycles. The van der Waals surface area contributed by atoms with E-state index in [9.17, 15) is 9.32 Å². The second-order valence-electron chi connectivity index (χ2n) is 2.96. The number of halogens is 1. The molecule has 12 heavy (non-hydrogen) atoms. The second-order valence-corrected chi connectivity index (χ2v) is 4.96. The summed E-state index contributed by atoms with van der Waals surface area (Å²) in [6.07, 6.45) is -0.446. The molecular formula is C7H14ClNO2S. The average molecular weight is 212 g/mol. The molecule has 0 amide bonds. The molecule has 1 N–H and O–H groups in total. The minimum atomic E-state index is -0.634. The van der Waals surface area contributed by atoms with Crippen molar-refractivity contribution in [3.8, 4) is 0 Å². The molecule has 1 heterocycles. The zero-order valence-corrected chi connectivity index (χ0v) is 8.48. The van der Waals surface area contributed by atoms with Gasteiger partial charge in [-0.15, -0.1) is 11.6 Å². The smallest absolute Gasteiger partial charge is 0.0802 e. The maximum absolute atomic E-state index is 11.0. The fourth-order valence-corrected chi connectivity index (χ4v) is 2.43. The van der Waals surface area contributed by atoms with Gasteiger partial charge in [0.05, 0.1) is 6.10 Å². The van der Waals surface area contributed by atoms with Crippen molar-refractivity contribution in [3.05, 3.63) is 0 Å². The molecule has 72 valence electrons. The molecule has 0 spiro atoms. The Bertz CT molecular complexity index is 157. The fourth-order valence-electron chi connectivity index (χ4n) is 1.21. The predicted molar refractivity (Wildman–Crippen MR) is 51.0 cm³/mol. The summed E-state index contributed by atoms with van der Waals surface area (Å²) in [7, 11) is -0.634. The van der Waals surface area contributed by atoms with Crippen LogP contribution in [0, 0.1) is 0 Å². The Labute approximate surface area is 80.2 Å². The molecule has 0 aromatic carbocycles. The van der Waals surface area contributed by atoms with Crippen molar-refractivity contribution in [2.45, 2.75) is 6.10 Å². The van der Waals surface area contributed by atoms with Gasteiger partial charge in [0.15, 0.2) is 0 Å². The molecular weight excluding hydrogens is 198 g/mol. The zero-order valence-electron chi connectivity index (χ0n) is 6.91. The van der Waals surface area contributed by atoms with Crippen molar-refractivity contribution in [3.63, 3.8) is 0 Å². The standard InChI is InChI=1S/C7H14ClNO2S/c8-5-7(10)6-9-1-3-12(11)4-2-9/h7,10H,1-6H2. The van der Waals surface area contributed by atoms with Crippen molar-refractivity contribution < 1.29 is 9.32 Å². The van der Waals surface area contributed by atoms with E-state index in [1.807, 2.05) is 0 Å². The fraction of sp³-hybridized carbons (Fsp3) is 1.00. The maximum atomic E-state index is 11.0. The van der Waals surface area contributed by atoms with Crippen LogP contribution in [0.15, 0.2) is 0 Å². The van der Waals surface area contributed by atoms with Gasteiger partial charge >= 0.3 is 0 Å². The Morgan fingerprint density at radius 2 is 2.08 bits per heavy atom. The molecule has 0 saturated carbocycles. The first-order chi connectivity index (χ1) is 5.72. The van der Waals surface area contributed by atoms with Crippen LogP contribution in [0.2, 0.25) is 0 Å². The monoisotopic (exact) mass is 211 g/mol. The van der Waals surface area contributed by atoms with E-state index in [1.165, 1.54) is 0 Å². The number of rotatable bonds is 3. The average Bonchev–Trinajstić information content (AvgIpc) is 2.09. The lowest BCUT2D eigenvalue weighted by Gasteiger charge is -2.27. The van der Waals surface area contributed by atoms with E-state index in [1.54, 1.807) is 0 Å². The van der Waals surface area contributed by atoms with Crippen LogP contribution in [0.5, 0.6) is 0 Å². The number of alkyl halides is 1. The molecule has 5 heteroatoms. The van der Waals surface area contributed by atoms with Gasteiger partial charge in [0.2, 0.25) is 0 Å². The first kappa shape index (κ1) is 10.4. The summed E-state index contributed by atoms with van der Waals surface area (Å²) in [5.74, 6) is 1.74. The van der Waals surface area contributed by atoms with E-state index in [4.69, 9.17) is 11.6 Å². The van der Waals surface area contributed by atoms with Gasteiger partial charge in [-0.25, -0.2) is 0 Å². The van der Waals surface area contributed by atoms with Crippen molar-refractivity contribution in [2.75, 3.05) is 37.0 Å². The van der Waals surface area contributed by atoms with Crippen molar-refractivity contribution in [1.82, 2.24) is 4.90 Å². The molecule has 1 rings (SSSR count). The highest BCUT2D eigenvalue weighted by Crippen LogP contribution is 2.01. The summed E-state index contributed by atoms with van der Waals surface area (Å²) < 4.78 is 11.0. The Morgan fingerprint density at radius 1 is 1.50 bits per heavy atom. The third-order valence-corrected chi connectivity index (χ3v) is 3.55. The van der Waals surface area contributed by atoms with E-state index >= 15 is 0 Å². The van der Waals surface area contributed by atoms with Gasteiger partial charge in [0.25, 0.3) is 0 Å².